The highest BCUT2D eigenvalue weighted by atomic mass is 35.5. The molecule has 0 bridgehead atoms. The van der Waals surface area contributed by atoms with Crippen molar-refractivity contribution in [3.63, 3.8) is 0 Å². The average Bonchev–Trinajstić information content (AvgIpc) is 3.15. The van der Waals surface area contributed by atoms with Crippen LogP contribution in [0.15, 0.2) is 60.8 Å². The number of amides is 2. The highest BCUT2D eigenvalue weighted by Gasteiger charge is 2.33. The third-order valence-electron chi connectivity index (χ3n) is 5.39. The fourth-order valence-electron chi connectivity index (χ4n) is 3.98. The third kappa shape index (κ3) is 3.74. The number of aromatic nitrogens is 1. The molecule has 2 amide bonds. The highest BCUT2D eigenvalue weighted by molar-refractivity contribution is 6.30. The van der Waals surface area contributed by atoms with E-state index in [1.54, 1.807) is 35.2 Å². The number of para-hydroxylation sites is 1. The molecule has 1 heterocycles. The van der Waals surface area contributed by atoms with Crippen LogP contribution >= 0.6 is 11.6 Å². The Morgan fingerprint density at radius 1 is 1.17 bits per heavy atom. The van der Waals surface area contributed by atoms with Crippen molar-refractivity contribution in [3.05, 3.63) is 93.8 Å². The summed E-state index contributed by atoms with van der Waals surface area (Å²) >= 11 is 6.23. The molecule has 3 N–H and O–H groups in total. The molecule has 6 nitrogen and oxygen atoms in total. The fraction of sp³-hybridized carbons (Fsp3) is 0.174. The Balaban J connectivity index is 1.79. The van der Waals surface area contributed by atoms with Gasteiger partial charge in [-0.1, -0.05) is 35.9 Å². The van der Waals surface area contributed by atoms with E-state index >= 15 is 0 Å². The van der Waals surface area contributed by atoms with E-state index in [4.69, 9.17) is 17.3 Å². The minimum absolute atomic E-state index is 0.0990. The molecule has 0 saturated carbocycles. The van der Waals surface area contributed by atoms with Gasteiger partial charge in [0, 0.05) is 23.3 Å². The SMILES string of the molecule is NC(=O)c1ncccc1CN(C(=O)c1ccccc1O)[C@@H]1CCc2ccc(Cl)cc21. The molecule has 0 fully saturated rings. The van der Waals surface area contributed by atoms with Crippen molar-refractivity contribution in [2.45, 2.75) is 25.4 Å². The van der Waals surface area contributed by atoms with Crippen molar-refractivity contribution < 1.29 is 14.7 Å². The quantitative estimate of drug-likeness (QED) is 0.653. The van der Waals surface area contributed by atoms with Crippen LogP contribution in [0, 0.1) is 0 Å². The summed E-state index contributed by atoms with van der Waals surface area (Å²) in [6.45, 7) is 0.121. The number of hydrogen-bond donors (Lipinski definition) is 2. The topological polar surface area (TPSA) is 96.5 Å². The van der Waals surface area contributed by atoms with Crippen LogP contribution in [0.4, 0.5) is 0 Å². The molecule has 0 spiro atoms. The van der Waals surface area contributed by atoms with Gasteiger partial charge in [0.05, 0.1) is 11.6 Å². The first-order valence-corrected chi connectivity index (χ1v) is 9.94. The van der Waals surface area contributed by atoms with Gasteiger partial charge < -0.3 is 15.7 Å². The lowest BCUT2D eigenvalue weighted by Crippen LogP contribution is -2.34. The van der Waals surface area contributed by atoms with Crippen LogP contribution in [0.5, 0.6) is 5.75 Å². The zero-order valence-corrected chi connectivity index (χ0v) is 16.8. The van der Waals surface area contributed by atoms with E-state index in [9.17, 15) is 14.7 Å². The first-order valence-electron chi connectivity index (χ1n) is 9.56. The van der Waals surface area contributed by atoms with Gasteiger partial charge in [-0.25, -0.2) is 0 Å². The summed E-state index contributed by atoms with van der Waals surface area (Å²) in [5.41, 5.74) is 8.44. The van der Waals surface area contributed by atoms with Gasteiger partial charge in [-0.15, -0.1) is 0 Å². The predicted molar refractivity (Wildman–Crippen MR) is 113 cm³/mol. The lowest BCUT2D eigenvalue weighted by molar-refractivity contribution is 0.0652. The van der Waals surface area contributed by atoms with Gasteiger partial charge in [0.2, 0.25) is 0 Å². The Morgan fingerprint density at radius 3 is 2.73 bits per heavy atom. The maximum Gasteiger partial charge on any atom is 0.267 e. The first kappa shape index (κ1) is 19.9. The second-order valence-electron chi connectivity index (χ2n) is 7.22. The predicted octanol–water partition coefficient (Wildman–Crippen LogP) is 3.87. The van der Waals surface area contributed by atoms with Gasteiger partial charge in [0.15, 0.2) is 0 Å². The molecule has 1 aliphatic carbocycles. The van der Waals surface area contributed by atoms with Crippen LogP contribution in [0.3, 0.4) is 0 Å². The molecular formula is C23H20ClN3O3. The molecule has 7 heteroatoms. The van der Waals surface area contributed by atoms with Gasteiger partial charge in [0.1, 0.15) is 11.4 Å². The van der Waals surface area contributed by atoms with Gasteiger partial charge in [-0.05, 0) is 54.3 Å². The summed E-state index contributed by atoms with van der Waals surface area (Å²) in [7, 11) is 0. The number of aryl methyl sites for hydroxylation is 1. The van der Waals surface area contributed by atoms with Crippen molar-refractivity contribution in [2.24, 2.45) is 5.73 Å². The third-order valence-corrected chi connectivity index (χ3v) is 5.63. The Bertz CT molecular complexity index is 1130. The van der Waals surface area contributed by atoms with Gasteiger partial charge in [-0.2, -0.15) is 0 Å². The lowest BCUT2D eigenvalue weighted by atomic mass is 10.0. The number of rotatable bonds is 5. The number of hydrogen-bond acceptors (Lipinski definition) is 4. The number of phenols is 1. The second-order valence-corrected chi connectivity index (χ2v) is 7.66. The Kier molecular flexibility index (Phi) is 5.42. The molecule has 4 rings (SSSR count). The number of nitrogens with zero attached hydrogens (tertiary/aromatic N) is 2. The second kappa shape index (κ2) is 8.16. The molecule has 1 aliphatic rings. The summed E-state index contributed by atoms with van der Waals surface area (Å²) in [5, 5.41) is 10.9. The summed E-state index contributed by atoms with van der Waals surface area (Å²) in [6.07, 6.45) is 3.00. The van der Waals surface area contributed by atoms with Crippen molar-refractivity contribution >= 4 is 23.4 Å². The number of benzene rings is 2. The number of pyridine rings is 1. The molecule has 0 unspecified atom stereocenters. The van der Waals surface area contributed by atoms with Crippen molar-refractivity contribution in [2.75, 3.05) is 0 Å². The summed E-state index contributed by atoms with van der Waals surface area (Å²) < 4.78 is 0. The number of aromatic hydroxyl groups is 1. The van der Waals surface area contributed by atoms with E-state index < -0.39 is 5.91 Å². The lowest BCUT2D eigenvalue weighted by Gasteiger charge is -2.31. The van der Waals surface area contributed by atoms with E-state index in [1.165, 1.54) is 12.3 Å². The van der Waals surface area contributed by atoms with Crippen molar-refractivity contribution in [1.82, 2.24) is 9.88 Å². The molecule has 1 atom stereocenters. The number of carbonyl (C=O) groups excluding carboxylic acids is 2. The smallest absolute Gasteiger partial charge is 0.267 e. The molecule has 30 heavy (non-hydrogen) atoms. The minimum atomic E-state index is -0.657. The molecule has 0 saturated heterocycles. The normalized spacial score (nSPS) is 14.9. The number of fused-ring (bicyclic) bond motifs is 1. The van der Waals surface area contributed by atoms with Crippen LogP contribution in [-0.4, -0.2) is 26.8 Å². The number of carbonyl (C=O) groups is 2. The summed E-state index contributed by atoms with van der Waals surface area (Å²) in [5.74, 6) is -1.10. The van der Waals surface area contributed by atoms with E-state index in [1.807, 2.05) is 18.2 Å². The van der Waals surface area contributed by atoms with E-state index in [2.05, 4.69) is 4.98 Å². The molecular weight excluding hydrogens is 402 g/mol. The minimum Gasteiger partial charge on any atom is -0.507 e. The van der Waals surface area contributed by atoms with E-state index in [0.717, 1.165) is 17.5 Å². The summed E-state index contributed by atoms with van der Waals surface area (Å²) in [4.78, 5) is 31.1. The fourth-order valence-corrected chi connectivity index (χ4v) is 4.16. The zero-order chi connectivity index (χ0) is 21.3. The van der Waals surface area contributed by atoms with Crippen LogP contribution in [-0.2, 0) is 13.0 Å². The maximum absolute atomic E-state index is 13.5. The Hall–Kier alpha value is -3.38. The van der Waals surface area contributed by atoms with E-state index in [0.29, 0.717) is 17.0 Å². The molecule has 0 aliphatic heterocycles. The van der Waals surface area contributed by atoms with Crippen molar-refractivity contribution in [1.29, 1.82) is 0 Å². The first-order chi connectivity index (χ1) is 14.5. The molecule has 1 aromatic heterocycles. The Labute approximate surface area is 178 Å². The van der Waals surface area contributed by atoms with Crippen LogP contribution < -0.4 is 5.73 Å². The highest BCUT2D eigenvalue weighted by Crippen LogP contribution is 2.39. The average molecular weight is 422 g/mol. The van der Waals surface area contributed by atoms with Crippen molar-refractivity contribution in [3.8, 4) is 5.75 Å². The standard InChI is InChI=1S/C23H20ClN3O3/c24-16-9-7-14-8-10-19(18(14)12-16)27(23(30)17-5-1-2-6-20(17)28)13-15-4-3-11-26-21(15)22(25)29/h1-7,9,11-12,19,28H,8,10,13H2,(H2,25,29)/t19-/m1/s1. The maximum atomic E-state index is 13.5. The molecule has 2 aromatic carbocycles. The molecule has 3 aromatic rings. The van der Waals surface area contributed by atoms with Gasteiger partial charge >= 0.3 is 0 Å². The van der Waals surface area contributed by atoms with Crippen LogP contribution in [0.25, 0.3) is 0 Å². The zero-order valence-electron chi connectivity index (χ0n) is 16.1. The van der Waals surface area contributed by atoms with Crippen LogP contribution in [0.2, 0.25) is 5.02 Å². The monoisotopic (exact) mass is 421 g/mol. The van der Waals surface area contributed by atoms with Gasteiger partial charge in [-0.3, -0.25) is 14.6 Å². The number of halogens is 1. The van der Waals surface area contributed by atoms with Crippen LogP contribution in [0.1, 0.15) is 50.0 Å². The molecule has 0 radical (unpaired) electrons. The number of primary amides is 1. The Morgan fingerprint density at radius 2 is 1.97 bits per heavy atom. The number of phenolic OH excluding ortho intramolecular Hbond substituents is 1. The van der Waals surface area contributed by atoms with E-state index in [-0.39, 0.29) is 35.5 Å². The molecule has 152 valence electrons. The largest absolute Gasteiger partial charge is 0.507 e. The summed E-state index contributed by atoms with van der Waals surface area (Å²) in [6, 6.07) is 15.3. The number of nitrogens with two attached hydrogens (primary N) is 1. The van der Waals surface area contributed by atoms with Gasteiger partial charge in [0.25, 0.3) is 11.8 Å².